The first kappa shape index (κ1) is 28.6. The molecule has 5 heterocycles. The molecule has 2 aromatic rings. The number of esters is 1. The number of aromatic amines is 1. The van der Waals surface area contributed by atoms with E-state index in [0.717, 1.165) is 68.2 Å². The lowest BCUT2D eigenvalue weighted by Gasteiger charge is -2.59. The predicted octanol–water partition coefficient (Wildman–Crippen LogP) is 4.92. The van der Waals surface area contributed by atoms with Gasteiger partial charge < -0.3 is 24.5 Å². The number of carbonyl (C=O) groups excluding carboxylic acids is 2. The van der Waals surface area contributed by atoms with E-state index < -0.39 is 29.9 Å². The molecule has 1 amide bonds. The number of unbranched alkanes of at least 4 members (excludes halogenated alkanes) is 2. The van der Waals surface area contributed by atoms with Gasteiger partial charge in [0.1, 0.15) is 5.82 Å². The van der Waals surface area contributed by atoms with Gasteiger partial charge in [-0.2, -0.15) is 0 Å². The molecule has 10 nitrogen and oxygen atoms in total. The number of aryl methyl sites for hydroxylation is 1. The molecule has 8 atom stereocenters. The number of hydrogen-bond donors (Lipinski definition) is 2. The van der Waals surface area contributed by atoms with Gasteiger partial charge in [0.15, 0.2) is 11.9 Å². The first-order valence-corrected chi connectivity index (χ1v) is 15.4. The molecule has 7 rings (SSSR count). The number of imidazole rings is 1. The van der Waals surface area contributed by atoms with Crippen molar-refractivity contribution in [1.82, 2.24) is 15.3 Å². The van der Waals surface area contributed by atoms with Crippen molar-refractivity contribution in [3.63, 3.8) is 0 Å². The van der Waals surface area contributed by atoms with E-state index in [-0.39, 0.29) is 36.5 Å². The lowest BCUT2D eigenvalue weighted by atomic mass is 9.58. The van der Waals surface area contributed by atoms with Crippen molar-refractivity contribution in [1.29, 1.82) is 0 Å². The first-order valence-electron chi connectivity index (χ1n) is 15.4. The van der Waals surface area contributed by atoms with Crippen LogP contribution in [-0.4, -0.2) is 52.4 Å². The minimum Gasteiger partial charge on any atom is -0.435 e. The van der Waals surface area contributed by atoms with Gasteiger partial charge in [-0.25, -0.2) is 14.8 Å². The number of nitrogens with zero attached hydrogens (tertiary/aromatic N) is 1. The monoisotopic (exact) mass is 569 g/mol. The van der Waals surface area contributed by atoms with Gasteiger partial charge in [0.2, 0.25) is 18.0 Å². The number of ether oxygens (including phenoxy) is 3. The zero-order valence-corrected chi connectivity index (χ0v) is 24.4. The minimum atomic E-state index is -0.877. The summed E-state index contributed by atoms with van der Waals surface area (Å²) in [4.78, 5) is 45.1. The molecule has 2 bridgehead atoms. The Morgan fingerprint density at radius 2 is 1.93 bits per heavy atom. The Morgan fingerprint density at radius 3 is 2.78 bits per heavy atom. The molecule has 0 unspecified atom stereocenters. The van der Waals surface area contributed by atoms with Crippen LogP contribution in [0.25, 0.3) is 11.0 Å². The Labute approximate surface area is 241 Å². The van der Waals surface area contributed by atoms with Crippen LogP contribution in [0.2, 0.25) is 0 Å². The van der Waals surface area contributed by atoms with E-state index in [1.807, 2.05) is 38.1 Å². The summed E-state index contributed by atoms with van der Waals surface area (Å²) in [6, 6.07) is 8.02. The fourth-order valence-corrected chi connectivity index (χ4v) is 7.45. The molecule has 2 N–H and O–H groups in total. The molecule has 1 spiro atoms. The summed E-state index contributed by atoms with van der Waals surface area (Å²) in [7, 11) is 0. The summed E-state index contributed by atoms with van der Waals surface area (Å²) in [5, 5.41) is 2.92. The SMILES string of the molecule is C[C@H]1[C@H](OC(=O)CCC(=O)NCCCCCc2nc3ccccc3[nH]2)O[C@@H]2O[C@@]3(C)CC[C@H]4[C@H](C)CC[C@H]1[C@@]24OO3. The Kier molecular flexibility index (Phi) is 8.11. The summed E-state index contributed by atoms with van der Waals surface area (Å²) in [6.07, 6.45) is 6.08. The number of amides is 1. The normalized spacial score (nSPS) is 36.0. The second kappa shape index (κ2) is 11.6. The third-order valence-corrected chi connectivity index (χ3v) is 9.75. The van der Waals surface area contributed by atoms with E-state index in [9.17, 15) is 9.59 Å². The molecule has 0 radical (unpaired) electrons. The number of fused-ring (bicyclic) bond motifs is 3. The highest BCUT2D eigenvalue weighted by molar-refractivity contribution is 5.81. The van der Waals surface area contributed by atoms with Crippen LogP contribution in [0.1, 0.15) is 84.4 Å². The summed E-state index contributed by atoms with van der Waals surface area (Å²) >= 11 is 0. The quantitative estimate of drug-likeness (QED) is 0.235. The predicted molar refractivity (Wildman–Crippen MR) is 149 cm³/mol. The van der Waals surface area contributed by atoms with Crippen LogP contribution in [-0.2, 0) is 40.0 Å². The smallest absolute Gasteiger partial charge is 0.308 e. The average molecular weight is 570 g/mol. The van der Waals surface area contributed by atoms with Gasteiger partial charge in [-0.15, -0.1) is 0 Å². The Hall–Kier alpha value is -2.53. The molecular weight excluding hydrogens is 526 g/mol. The highest BCUT2D eigenvalue weighted by Gasteiger charge is 2.69. The van der Waals surface area contributed by atoms with E-state index in [2.05, 4.69) is 22.2 Å². The molecule has 41 heavy (non-hydrogen) atoms. The van der Waals surface area contributed by atoms with E-state index in [4.69, 9.17) is 24.0 Å². The van der Waals surface area contributed by atoms with Crippen LogP contribution in [0.3, 0.4) is 0 Å². The number of nitrogens with one attached hydrogen (secondary N) is 2. The van der Waals surface area contributed by atoms with Crippen LogP contribution in [0.5, 0.6) is 0 Å². The molecule has 224 valence electrons. The van der Waals surface area contributed by atoms with Crippen LogP contribution in [0, 0.1) is 23.7 Å². The lowest BCUT2D eigenvalue weighted by Crippen LogP contribution is -2.70. The number of benzene rings is 1. The van der Waals surface area contributed by atoms with E-state index in [1.165, 1.54) is 0 Å². The Morgan fingerprint density at radius 1 is 1.07 bits per heavy atom. The summed E-state index contributed by atoms with van der Waals surface area (Å²) < 4.78 is 18.4. The van der Waals surface area contributed by atoms with Gasteiger partial charge in [-0.3, -0.25) is 9.59 Å². The van der Waals surface area contributed by atoms with E-state index in [1.54, 1.807) is 0 Å². The van der Waals surface area contributed by atoms with Crippen LogP contribution >= 0.6 is 0 Å². The Bertz CT molecular complexity index is 1220. The molecular formula is C31H43N3O7. The number of carbonyl (C=O) groups is 2. The largest absolute Gasteiger partial charge is 0.435 e. The molecule has 1 aliphatic carbocycles. The van der Waals surface area contributed by atoms with Gasteiger partial charge in [-0.1, -0.05) is 32.4 Å². The van der Waals surface area contributed by atoms with Crippen molar-refractivity contribution in [2.75, 3.05) is 6.54 Å². The summed E-state index contributed by atoms with van der Waals surface area (Å²) in [6.45, 7) is 6.77. The highest BCUT2D eigenvalue weighted by atomic mass is 17.3. The third-order valence-electron chi connectivity index (χ3n) is 9.75. The van der Waals surface area contributed by atoms with Crippen LogP contribution in [0.4, 0.5) is 0 Å². The number of hydrogen-bond acceptors (Lipinski definition) is 8. The maximum atomic E-state index is 12.8. The van der Waals surface area contributed by atoms with Crippen molar-refractivity contribution >= 4 is 22.9 Å². The highest BCUT2D eigenvalue weighted by Crippen LogP contribution is 2.60. The molecule has 4 aliphatic heterocycles. The van der Waals surface area contributed by atoms with Gasteiger partial charge >= 0.3 is 5.97 Å². The van der Waals surface area contributed by atoms with Crippen LogP contribution < -0.4 is 5.32 Å². The minimum absolute atomic E-state index is 0.00276. The van der Waals surface area contributed by atoms with E-state index in [0.29, 0.717) is 12.5 Å². The van der Waals surface area contributed by atoms with Crippen molar-refractivity contribution in [2.24, 2.45) is 23.7 Å². The van der Waals surface area contributed by atoms with Gasteiger partial charge in [-0.05, 0) is 63.0 Å². The number of para-hydroxylation sites is 2. The topological polar surface area (TPSA) is 121 Å². The van der Waals surface area contributed by atoms with Crippen molar-refractivity contribution in [2.45, 2.75) is 109 Å². The molecule has 4 saturated heterocycles. The average Bonchev–Trinajstić information content (AvgIpc) is 3.24. The van der Waals surface area contributed by atoms with Gasteiger partial charge in [0.25, 0.3) is 0 Å². The fourth-order valence-electron chi connectivity index (χ4n) is 7.45. The van der Waals surface area contributed by atoms with Crippen molar-refractivity contribution in [3.8, 4) is 0 Å². The molecule has 1 aromatic carbocycles. The van der Waals surface area contributed by atoms with Gasteiger partial charge in [0, 0.05) is 37.6 Å². The molecule has 1 aromatic heterocycles. The molecule has 1 saturated carbocycles. The number of aromatic nitrogens is 2. The van der Waals surface area contributed by atoms with E-state index >= 15 is 0 Å². The zero-order chi connectivity index (χ0) is 28.6. The molecule has 5 fully saturated rings. The molecule has 10 heteroatoms. The number of rotatable bonds is 10. The maximum Gasteiger partial charge on any atom is 0.308 e. The first-order chi connectivity index (χ1) is 19.8. The van der Waals surface area contributed by atoms with Crippen LogP contribution in [0.15, 0.2) is 24.3 Å². The second-order valence-electron chi connectivity index (χ2n) is 12.6. The fraction of sp³-hybridized carbons (Fsp3) is 0.710. The number of H-pyrrole nitrogens is 1. The zero-order valence-electron chi connectivity index (χ0n) is 24.4. The second-order valence-corrected chi connectivity index (χ2v) is 12.6. The van der Waals surface area contributed by atoms with Crippen molar-refractivity contribution < 1.29 is 33.6 Å². The van der Waals surface area contributed by atoms with Crippen molar-refractivity contribution in [3.05, 3.63) is 30.1 Å². The summed E-state index contributed by atoms with van der Waals surface area (Å²) in [5.41, 5.74) is 1.35. The standard InChI is InChI=1S/C31H43N3O7/c1-19-12-13-22-20(2)28(38-29-31(22)21(19)16-17-30(3,39-29)40-41-31)37-27(36)15-14-26(35)32-18-8-4-5-11-25-33-23-9-6-7-10-24(23)34-25/h6-7,9-10,19-22,28-29H,4-5,8,11-18H2,1-3H3,(H,32,35)(H,33,34)/t19-,20-,21+,22-,28-,29-,30-,31-/m1/s1. The Balaban J connectivity index is 0.926. The lowest BCUT2D eigenvalue weighted by molar-refractivity contribution is -0.576. The van der Waals surface area contributed by atoms with Gasteiger partial charge in [0.05, 0.1) is 17.5 Å². The maximum absolute atomic E-state index is 12.8. The third kappa shape index (κ3) is 5.63. The molecule has 5 aliphatic rings. The summed E-state index contributed by atoms with van der Waals surface area (Å²) in [5.74, 6) is 0.232.